The summed E-state index contributed by atoms with van der Waals surface area (Å²) in [6, 6.07) is 16.5. The summed E-state index contributed by atoms with van der Waals surface area (Å²) in [5.74, 6) is 0. The van der Waals surface area contributed by atoms with Crippen LogP contribution in [0.4, 0.5) is 5.69 Å². The van der Waals surface area contributed by atoms with Gasteiger partial charge in [0, 0.05) is 27.4 Å². The molecule has 1 heterocycles. The fourth-order valence-corrected chi connectivity index (χ4v) is 3.69. The van der Waals surface area contributed by atoms with Crippen molar-refractivity contribution in [3.05, 3.63) is 71.4 Å². The van der Waals surface area contributed by atoms with Crippen LogP contribution in [0.15, 0.2) is 65.7 Å². The topological polar surface area (TPSA) is 3.24 Å². The van der Waals surface area contributed by atoms with Gasteiger partial charge in [-0.2, -0.15) is 0 Å². The van der Waals surface area contributed by atoms with Crippen LogP contribution in [-0.4, -0.2) is 5.25 Å². The van der Waals surface area contributed by atoms with Gasteiger partial charge in [-0.05, 0) is 30.7 Å². The zero-order valence-corrected chi connectivity index (χ0v) is 12.9. The molecule has 0 spiro atoms. The van der Waals surface area contributed by atoms with E-state index in [1.54, 1.807) is 0 Å². The molecule has 3 heteroatoms. The van der Waals surface area contributed by atoms with Crippen molar-refractivity contribution in [1.29, 1.82) is 0 Å². The van der Waals surface area contributed by atoms with Crippen molar-refractivity contribution in [2.24, 2.45) is 0 Å². The Morgan fingerprint density at radius 2 is 1.85 bits per heavy atom. The quantitative estimate of drug-likeness (QED) is 0.735. The first-order chi connectivity index (χ1) is 9.66. The predicted molar refractivity (Wildman–Crippen MR) is 88.5 cm³/mol. The van der Waals surface area contributed by atoms with Gasteiger partial charge >= 0.3 is 0 Å². The van der Waals surface area contributed by atoms with Crippen LogP contribution in [0.2, 0.25) is 5.02 Å². The molecule has 20 heavy (non-hydrogen) atoms. The molecular formula is C17H16ClNS. The SMILES string of the molecule is C=C1C(C)Sc2ccccc2N1Cc1ccccc1Cl. The molecule has 1 aliphatic rings. The summed E-state index contributed by atoms with van der Waals surface area (Å²) in [5, 5.41) is 1.19. The number of fused-ring (bicyclic) bond motifs is 1. The van der Waals surface area contributed by atoms with Crippen molar-refractivity contribution in [3.63, 3.8) is 0 Å². The van der Waals surface area contributed by atoms with E-state index in [1.807, 2.05) is 30.0 Å². The van der Waals surface area contributed by atoms with Crippen LogP contribution < -0.4 is 4.90 Å². The van der Waals surface area contributed by atoms with E-state index in [0.29, 0.717) is 5.25 Å². The molecular weight excluding hydrogens is 286 g/mol. The summed E-state index contributed by atoms with van der Waals surface area (Å²) in [6.45, 7) is 7.22. The van der Waals surface area contributed by atoms with E-state index in [1.165, 1.54) is 10.6 Å². The van der Waals surface area contributed by atoms with Gasteiger partial charge in [0.2, 0.25) is 0 Å². The highest BCUT2D eigenvalue weighted by atomic mass is 35.5. The number of benzene rings is 2. The molecule has 2 aromatic carbocycles. The van der Waals surface area contributed by atoms with E-state index >= 15 is 0 Å². The van der Waals surface area contributed by atoms with Crippen LogP contribution in [0.3, 0.4) is 0 Å². The fourth-order valence-electron chi connectivity index (χ4n) is 2.40. The number of rotatable bonds is 2. The zero-order chi connectivity index (χ0) is 14.1. The minimum Gasteiger partial charge on any atom is -0.339 e. The van der Waals surface area contributed by atoms with Crippen molar-refractivity contribution in [2.45, 2.75) is 23.6 Å². The molecule has 0 aliphatic carbocycles. The van der Waals surface area contributed by atoms with E-state index in [4.69, 9.17) is 11.6 Å². The number of hydrogen-bond donors (Lipinski definition) is 0. The molecule has 0 fully saturated rings. The highest BCUT2D eigenvalue weighted by Crippen LogP contribution is 2.43. The molecule has 0 saturated carbocycles. The third-order valence-corrected chi connectivity index (χ3v) is 5.16. The Morgan fingerprint density at radius 3 is 2.65 bits per heavy atom. The van der Waals surface area contributed by atoms with Crippen LogP contribution in [0.5, 0.6) is 0 Å². The van der Waals surface area contributed by atoms with E-state index in [0.717, 1.165) is 22.8 Å². The van der Waals surface area contributed by atoms with E-state index in [-0.39, 0.29) is 0 Å². The number of anilines is 1. The van der Waals surface area contributed by atoms with Crippen LogP contribution >= 0.6 is 23.4 Å². The average molecular weight is 302 g/mol. The lowest BCUT2D eigenvalue weighted by Crippen LogP contribution is -2.30. The second-order valence-electron chi connectivity index (χ2n) is 4.90. The van der Waals surface area contributed by atoms with Gasteiger partial charge in [-0.15, -0.1) is 11.8 Å². The van der Waals surface area contributed by atoms with Gasteiger partial charge in [-0.25, -0.2) is 0 Å². The lowest BCUT2D eigenvalue weighted by atomic mass is 10.1. The fraction of sp³-hybridized carbons (Fsp3) is 0.176. The molecule has 0 radical (unpaired) electrons. The summed E-state index contributed by atoms with van der Waals surface area (Å²) in [4.78, 5) is 3.58. The Balaban J connectivity index is 2.00. The molecule has 3 rings (SSSR count). The smallest absolute Gasteiger partial charge is 0.0549 e. The van der Waals surface area contributed by atoms with Crippen molar-refractivity contribution >= 4 is 29.1 Å². The number of nitrogens with zero attached hydrogens (tertiary/aromatic N) is 1. The molecule has 1 aliphatic heterocycles. The van der Waals surface area contributed by atoms with Crippen LogP contribution in [0.25, 0.3) is 0 Å². The Kier molecular flexibility index (Phi) is 3.77. The lowest BCUT2D eigenvalue weighted by molar-refractivity contribution is 0.852. The molecule has 0 aromatic heterocycles. The summed E-state index contributed by atoms with van der Waals surface area (Å²) in [7, 11) is 0. The molecule has 1 atom stereocenters. The molecule has 102 valence electrons. The Labute approximate surface area is 129 Å². The third-order valence-electron chi connectivity index (χ3n) is 3.56. The summed E-state index contributed by atoms with van der Waals surface area (Å²) < 4.78 is 0. The first-order valence-electron chi connectivity index (χ1n) is 6.62. The van der Waals surface area contributed by atoms with E-state index in [9.17, 15) is 0 Å². The minimum atomic E-state index is 0.382. The number of hydrogen-bond acceptors (Lipinski definition) is 2. The van der Waals surface area contributed by atoms with E-state index in [2.05, 4.69) is 48.7 Å². The Bertz CT molecular complexity index is 653. The Hall–Kier alpha value is -1.38. The normalized spacial score (nSPS) is 18.0. The monoisotopic (exact) mass is 301 g/mol. The van der Waals surface area contributed by atoms with Crippen molar-refractivity contribution in [1.82, 2.24) is 0 Å². The summed E-state index contributed by atoms with van der Waals surface area (Å²) in [5.41, 5.74) is 3.48. The molecule has 1 nitrogen and oxygen atoms in total. The highest BCUT2D eigenvalue weighted by Gasteiger charge is 2.26. The summed E-state index contributed by atoms with van der Waals surface area (Å²) in [6.07, 6.45) is 0. The minimum absolute atomic E-state index is 0.382. The van der Waals surface area contributed by atoms with Crippen molar-refractivity contribution in [3.8, 4) is 0 Å². The van der Waals surface area contributed by atoms with Gasteiger partial charge in [-0.3, -0.25) is 0 Å². The number of thioether (sulfide) groups is 1. The van der Waals surface area contributed by atoms with Crippen LogP contribution in [0.1, 0.15) is 12.5 Å². The second kappa shape index (κ2) is 5.55. The van der Waals surface area contributed by atoms with Gasteiger partial charge < -0.3 is 4.90 Å². The lowest BCUT2D eigenvalue weighted by Gasteiger charge is -2.36. The maximum Gasteiger partial charge on any atom is 0.0549 e. The zero-order valence-electron chi connectivity index (χ0n) is 11.3. The van der Waals surface area contributed by atoms with E-state index < -0.39 is 0 Å². The van der Waals surface area contributed by atoms with Crippen LogP contribution in [0, 0.1) is 0 Å². The van der Waals surface area contributed by atoms with Crippen molar-refractivity contribution in [2.75, 3.05) is 4.90 Å². The van der Waals surface area contributed by atoms with Crippen molar-refractivity contribution < 1.29 is 0 Å². The first kappa shape index (κ1) is 13.6. The number of halogens is 1. The second-order valence-corrected chi connectivity index (χ2v) is 6.69. The highest BCUT2D eigenvalue weighted by molar-refractivity contribution is 8.00. The Morgan fingerprint density at radius 1 is 1.15 bits per heavy atom. The van der Waals surface area contributed by atoms with Gasteiger partial charge in [0.15, 0.2) is 0 Å². The molecule has 0 N–H and O–H groups in total. The molecule has 1 unspecified atom stereocenters. The molecule has 0 saturated heterocycles. The largest absolute Gasteiger partial charge is 0.339 e. The molecule has 0 amide bonds. The first-order valence-corrected chi connectivity index (χ1v) is 7.88. The van der Waals surface area contributed by atoms with Gasteiger partial charge in [0.1, 0.15) is 0 Å². The standard InChI is InChI=1S/C17H16ClNS/c1-12-13(2)20-17-10-6-5-9-16(17)19(12)11-14-7-3-4-8-15(14)18/h3-10,13H,1,11H2,2H3. The summed E-state index contributed by atoms with van der Waals surface area (Å²) >= 11 is 8.16. The van der Waals surface area contributed by atoms with Gasteiger partial charge in [0.25, 0.3) is 0 Å². The van der Waals surface area contributed by atoms with Crippen LogP contribution in [-0.2, 0) is 6.54 Å². The predicted octanol–water partition coefficient (Wildman–Crippen LogP) is 5.35. The average Bonchev–Trinajstić information content (AvgIpc) is 2.46. The number of para-hydroxylation sites is 1. The van der Waals surface area contributed by atoms with Gasteiger partial charge in [-0.1, -0.05) is 48.5 Å². The molecule has 0 bridgehead atoms. The third kappa shape index (κ3) is 2.46. The maximum absolute atomic E-state index is 6.29. The maximum atomic E-state index is 6.29. The van der Waals surface area contributed by atoms with Gasteiger partial charge in [0.05, 0.1) is 5.69 Å². The molecule has 2 aromatic rings.